The third-order valence-electron chi connectivity index (χ3n) is 4.60. The molecule has 3 aromatic rings. The average Bonchev–Trinajstić information content (AvgIpc) is 3.22. The molecule has 3 rings (SSSR count). The molecule has 0 aliphatic carbocycles. The molecule has 0 spiro atoms. The molecule has 0 bridgehead atoms. The lowest BCUT2D eigenvalue weighted by molar-refractivity contribution is -0.121. The van der Waals surface area contributed by atoms with Crippen LogP contribution in [0.5, 0.6) is 0 Å². The summed E-state index contributed by atoms with van der Waals surface area (Å²) in [6, 6.07) is 9.72. The fourth-order valence-corrected chi connectivity index (χ4v) is 3.91. The van der Waals surface area contributed by atoms with Crippen LogP contribution in [0.1, 0.15) is 51.9 Å². The fourth-order valence-electron chi connectivity index (χ4n) is 3.10. The lowest BCUT2D eigenvalue weighted by Crippen LogP contribution is -2.28. The van der Waals surface area contributed by atoms with Crippen LogP contribution >= 0.6 is 11.3 Å². The van der Waals surface area contributed by atoms with Crippen LogP contribution in [-0.2, 0) is 11.2 Å². The maximum Gasteiger partial charge on any atom is 0.224 e. The first-order valence-electron chi connectivity index (χ1n) is 8.85. The molecule has 1 unspecified atom stereocenters. The van der Waals surface area contributed by atoms with Gasteiger partial charge in [-0.15, -0.1) is 11.3 Å². The van der Waals surface area contributed by atoms with E-state index in [9.17, 15) is 9.59 Å². The lowest BCUT2D eigenvalue weighted by Gasteiger charge is -2.14. The van der Waals surface area contributed by atoms with E-state index in [1.807, 2.05) is 48.3 Å². The third-order valence-corrected chi connectivity index (χ3v) is 5.68. The number of amides is 1. The van der Waals surface area contributed by atoms with E-state index in [1.165, 1.54) is 18.3 Å². The van der Waals surface area contributed by atoms with Crippen molar-refractivity contribution in [3.63, 3.8) is 0 Å². The fraction of sp³-hybridized carbons (Fsp3) is 0.286. The largest absolute Gasteiger partial charge is 0.349 e. The smallest absolute Gasteiger partial charge is 0.224 e. The van der Waals surface area contributed by atoms with Gasteiger partial charge in [-0.05, 0) is 56.3 Å². The van der Waals surface area contributed by atoms with E-state index >= 15 is 0 Å². The van der Waals surface area contributed by atoms with E-state index < -0.39 is 0 Å². The van der Waals surface area contributed by atoms with Crippen molar-refractivity contribution in [1.82, 2.24) is 15.1 Å². The molecule has 1 aromatic carbocycles. The summed E-state index contributed by atoms with van der Waals surface area (Å²) < 4.78 is 1.91. The normalized spacial score (nSPS) is 12.0. The van der Waals surface area contributed by atoms with Crippen LogP contribution in [0, 0.1) is 13.8 Å². The minimum atomic E-state index is -0.152. The monoisotopic (exact) mass is 381 g/mol. The number of benzene rings is 1. The zero-order valence-corrected chi connectivity index (χ0v) is 16.8. The number of ketones is 1. The van der Waals surface area contributed by atoms with Crippen LogP contribution < -0.4 is 5.32 Å². The van der Waals surface area contributed by atoms with Crippen molar-refractivity contribution in [2.75, 3.05) is 0 Å². The number of hydrogen-bond acceptors (Lipinski definition) is 4. The standard InChI is InChI=1S/C21H23N3O2S/c1-13-7-5-6-8-19(13)24-15(3)18(11-22-24)14(2)23-21(26)10-17-9-20(16(4)25)27-12-17/h5-9,11-12,14H,10H2,1-4H3,(H,23,26). The Morgan fingerprint density at radius 2 is 2.00 bits per heavy atom. The molecule has 0 saturated heterocycles. The van der Waals surface area contributed by atoms with Gasteiger partial charge in [0, 0.05) is 11.3 Å². The molecule has 0 saturated carbocycles. The van der Waals surface area contributed by atoms with E-state index in [2.05, 4.69) is 23.4 Å². The van der Waals surface area contributed by atoms with Crippen molar-refractivity contribution >= 4 is 23.0 Å². The minimum absolute atomic E-state index is 0.0271. The van der Waals surface area contributed by atoms with Gasteiger partial charge in [-0.3, -0.25) is 9.59 Å². The molecular weight excluding hydrogens is 358 g/mol. The van der Waals surface area contributed by atoms with Gasteiger partial charge in [0.25, 0.3) is 0 Å². The second kappa shape index (κ2) is 7.88. The number of aryl methyl sites for hydroxylation is 1. The zero-order valence-electron chi connectivity index (χ0n) is 15.9. The van der Waals surface area contributed by atoms with Crippen molar-refractivity contribution in [2.24, 2.45) is 0 Å². The molecule has 140 valence electrons. The molecule has 0 radical (unpaired) electrons. The predicted molar refractivity (Wildman–Crippen MR) is 108 cm³/mol. The summed E-state index contributed by atoms with van der Waals surface area (Å²) >= 11 is 1.38. The van der Waals surface area contributed by atoms with Crippen molar-refractivity contribution in [1.29, 1.82) is 0 Å². The summed E-state index contributed by atoms with van der Waals surface area (Å²) in [5, 5.41) is 9.41. The Labute approximate surface area is 163 Å². The molecule has 2 aromatic heterocycles. The molecule has 1 N–H and O–H groups in total. The Balaban J connectivity index is 1.71. The minimum Gasteiger partial charge on any atom is -0.349 e. The summed E-state index contributed by atoms with van der Waals surface area (Å²) in [6.07, 6.45) is 2.07. The predicted octanol–water partition coefficient (Wildman–Crippen LogP) is 4.17. The third kappa shape index (κ3) is 4.17. The van der Waals surface area contributed by atoms with Gasteiger partial charge in [0.05, 0.1) is 29.2 Å². The van der Waals surface area contributed by atoms with Crippen LogP contribution in [0.3, 0.4) is 0 Å². The highest BCUT2D eigenvalue weighted by molar-refractivity contribution is 7.12. The molecule has 27 heavy (non-hydrogen) atoms. The topological polar surface area (TPSA) is 64.0 Å². The quantitative estimate of drug-likeness (QED) is 0.652. The number of para-hydroxylation sites is 1. The summed E-state index contributed by atoms with van der Waals surface area (Å²) in [5.74, 6) is -0.0438. The number of carbonyl (C=O) groups excluding carboxylic acids is 2. The number of hydrogen-bond donors (Lipinski definition) is 1. The van der Waals surface area contributed by atoms with E-state index in [1.54, 1.807) is 6.07 Å². The second-order valence-corrected chi connectivity index (χ2v) is 7.64. The first kappa shape index (κ1) is 19.0. The maximum absolute atomic E-state index is 12.4. The molecule has 0 fully saturated rings. The van der Waals surface area contributed by atoms with E-state index in [0.29, 0.717) is 4.88 Å². The second-order valence-electron chi connectivity index (χ2n) is 6.72. The molecule has 1 amide bonds. The molecule has 0 aliphatic rings. The van der Waals surface area contributed by atoms with Crippen molar-refractivity contribution in [2.45, 2.75) is 40.2 Å². The molecule has 2 heterocycles. The Kier molecular flexibility index (Phi) is 5.56. The van der Waals surface area contributed by atoms with E-state index in [-0.39, 0.29) is 24.2 Å². The van der Waals surface area contributed by atoms with Gasteiger partial charge in [-0.25, -0.2) is 4.68 Å². The molecule has 5 nitrogen and oxygen atoms in total. The Bertz CT molecular complexity index is 987. The summed E-state index contributed by atoms with van der Waals surface area (Å²) in [4.78, 5) is 24.5. The molecule has 1 atom stereocenters. The van der Waals surface area contributed by atoms with Crippen molar-refractivity contribution in [3.05, 3.63) is 69.2 Å². The van der Waals surface area contributed by atoms with Gasteiger partial charge < -0.3 is 5.32 Å². The van der Waals surface area contributed by atoms with Gasteiger partial charge in [-0.2, -0.15) is 5.10 Å². The first-order valence-corrected chi connectivity index (χ1v) is 9.73. The summed E-state index contributed by atoms with van der Waals surface area (Å²) in [6.45, 7) is 7.55. The highest BCUT2D eigenvalue weighted by atomic mass is 32.1. The highest BCUT2D eigenvalue weighted by Gasteiger charge is 2.17. The zero-order chi connectivity index (χ0) is 19.6. The Hall–Kier alpha value is -2.73. The van der Waals surface area contributed by atoms with Gasteiger partial charge in [0.2, 0.25) is 5.91 Å². The average molecular weight is 382 g/mol. The number of nitrogens with zero attached hydrogens (tertiary/aromatic N) is 2. The van der Waals surface area contributed by atoms with E-state index in [0.717, 1.165) is 28.1 Å². The number of nitrogens with one attached hydrogen (secondary N) is 1. The number of Topliss-reactive ketones (excluding diaryl/α,β-unsaturated/α-hetero) is 1. The lowest BCUT2D eigenvalue weighted by atomic mass is 10.1. The van der Waals surface area contributed by atoms with Gasteiger partial charge in [-0.1, -0.05) is 18.2 Å². The number of aromatic nitrogens is 2. The first-order chi connectivity index (χ1) is 12.9. The van der Waals surface area contributed by atoms with Crippen LogP contribution in [-0.4, -0.2) is 21.5 Å². The number of rotatable bonds is 6. The molecule has 6 heteroatoms. The van der Waals surface area contributed by atoms with Crippen molar-refractivity contribution in [3.8, 4) is 5.69 Å². The maximum atomic E-state index is 12.4. The van der Waals surface area contributed by atoms with E-state index in [4.69, 9.17) is 0 Å². The number of carbonyl (C=O) groups is 2. The van der Waals surface area contributed by atoms with Crippen LogP contribution in [0.2, 0.25) is 0 Å². The highest BCUT2D eigenvalue weighted by Crippen LogP contribution is 2.22. The van der Waals surface area contributed by atoms with Crippen LogP contribution in [0.15, 0.2) is 41.9 Å². The van der Waals surface area contributed by atoms with Crippen LogP contribution in [0.4, 0.5) is 0 Å². The van der Waals surface area contributed by atoms with Crippen LogP contribution in [0.25, 0.3) is 5.69 Å². The van der Waals surface area contributed by atoms with Gasteiger partial charge in [0.1, 0.15) is 0 Å². The number of thiophene rings is 1. The SMILES string of the molecule is CC(=O)c1cc(CC(=O)NC(C)c2cnn(-c3ccccc3C)c2C)cs1. The van der Waals surface area contributed by atoms with Gasteiger partial charge >= 0.3 is 0 Å². The summed E-state index contributed by atoms with van der Waals surface area (Å²) in [7, 11) is 0. The Morgan fingerprint density at radius 1 is 1.26 bits per heavy atom. The molecule has 0 aliphatic heterocycles. The molecular formula is C21H23N3O2S. The van der Waals surface area contributed by atoms with Gasteiger partial charge in [0.15, 0.2) is 5.78 Å². The summed E-state index contributed by atoms with van der Waals surface area (Å²) in [5.41, 5.74) is 5.04. The Morgan fingerprint density at radius 3 is 2.67 bits per heavy atom. The van der Waals surface area contributed by atoms with Crippen molar-refractivity contribution < 1.29 is 9.59 Å².